The Balaban J connectivity index is 2.01. The van der Waals surface area contributed by atoms with E-state index < -0.39 is 15.8 Å². The number of sulfonamides is 1. The molecule has 2 N–H and O–H groups in total. The Bertz CT molecular complexity index is 603. The lowest BCUT2D eigenvalue weighted by Crippen LogP contribution is -2.45. The third kappa shape index (κ3) is 4.87. The number of anilines is 2. The SMILES string of the molecule is Cc1cc(NC2COC(C)(C)OC2)ccc1NS(C)(=O)=O. The summed E-state index contributed by atoms with van der Waals surface area (Å²) in [6.07, 6.45) is 1.14. The highest BCUT2D eigenvalue weighted by molar-refractivity contribution is 7.92. The Morgan fingerprint density at radius 1 is 1.24 bits per heavy atom. The van der Waals surface area contributed by atoms with Gasteiger partial charge in [0.05, 0.1) is 31.2 Å². The molecular weight excluding hydrogens is 292 g/mol. The molecule has 0 saturated carbocycles. The van der Waals surface area contributed by atoms with Crippen LogP contribution >= 0.6 is 0 Å². The number of hydrogen-bond donors (Lipinski definition) is 2. The minimum absolute atomic E-state index is 0.0751. The van der Waals surface area contributed by atoms with Gasteiger partial charge in [0, 0.05) is 5.69 Å². The molecule has 21 heavy (non-hydrogen) atoms. The summed E-state index contributed by atoms with van der Waals surface area (Å²) in [5, 5.41) is 3.32. The maximum absolute atomic E-state index is 11.3. The van der Waals surface area contributed by atoms with Gasteiger partial charge in [0.2, 0.25) is 10.0 Å². The quantitative estimate of drug-likeness (QED) is 0.888. The zero-order chi connectivity index (χ0) is 15.7. The second-order valence-corrected chi connectivity index (χ2v) is 7.52. The topological polar surface area (TPSA) is 76.7 Å². The zero-order valence-electron chi connectivity index (χ0n) is 12.8. The van der Waals surface area contributed by atoms with Crippen molar-refractivity contribution in [2.75, 3.05) is 29.5 Å². The van der Waals surface area contributed by atoms with Gasteiger partial charge in [-0.2, -0.15) is 0 Å². The van der Waals surface area contributed by atoms with Crippen LogP contribution in [0.15, 0.2) is 18.2 Å². The average molecular weight is 314 g/mol. The predicted octanol–water partition coefficient (Wildman–Crippen LogP) is 1.93. The normalized spacial score (nSPS) is 19.2. The molecule has 1 aliphatic rings. The van der Waals surface area contributed by atoms with Gasteiger partial charge in [-0.15, -0.1) is 0 Å². The molecule has 0 amide bonds. The number of rotatable bonds is 4. The summed E-state index contributed by atoms with van der Waals surface area (Å²) < 4.78 is 36.2. The molecule has 7 heteroatoms. The Labute approximate surface area is 125 Å². The maximum Gasteiger partial charge on any atom is 0.229 e. The number of ether oxygens (including phenoxy) is 2. The molecule has 1 saturated heterocycles. The van der Waals surface area contributed by atoms with Crippen LogP contribution in [0.25, 0.3) is 0 Å². The standard InChI is InChI=1S/C14H22N2O4S/c1-10-7-11(5-6-13(10)16-21(4,17)18)15-12-8-19-14(2,3)20-9-12/h5-7,12,15-16H,8-9H2,1-4H3. The van der Waals surface area contributed by atoms with Crippen molar-refractivity contribution in [3.63, 3.8) is 0 Å². The van der Waals surface area contributed by atoms with Crippen molar-refractivity contribution in [1.82, 2.24) is 0 Å². The first-order chi connectivity index (χ1) is 9.65. The fourth-order valence-electron chi connectivity index (χ4n) is 2.08. The van der Waals surface area contributed by atoms with Crippen LogP contribution in [0.2, 0.25) is 0 Å². The molecule has 0 bridgehead atoms. The van der Waals surface area contributed by atoms with E-state index in [1.807, 2.05) is 32.9 Å². The van der Waals surface area contributed by atoms with E-state index in [0.29, 0.717) is 18.9 Å². The molecule has 1 aromatic rings. The molecule has 0 atom stereocenters. The van der Waals surface area contributed by atoms with Crippen molar-refractivity contribution < 1.29 is 17.9 Å². The second-order valence-electron chi connectivity index (χ2n) is 5.77. The number of aryl methyl sites for hydroxylation is 1. The second kappa shape index (κ2) is 5.82. The minimum Gasteiger partial charge on any atom is -0.378 e. The summed E-state index contributed by atoms with van der Waals surface area (Å²) in [5.74, 6) is -0.530. The van der Waals surface area contributed by atoms with Gasteiger partial charge in [-0.3, -0.25) is 4.72 Å². The molecule has 1 aromatic carbocycles. The van der Waals surface area contributed by atoms with Gasteiger partial charge in [0.25, 0.3) is 0 Å². The Morgan fingerprint density at radius 2 is 1.86 bits per heavy atom. The summed E-state index contributed by atoms with van der Waals surface area (Å²) >= 11 is 0. The third-order valence-corrected chi connectivity index (χ3v) is 3.75. The van der Waals surface area contributed by atoms with E-state index in [2.05, 4.69) is 10.0 Å². The van der Waals surface area contributed by atoms with E-state index in [1.165, 1.54) is 0 Å². The van der Waals surface area contributed by atoms with Gasteiger partial charge < -0.3 is 14.8 Å². The van der Waals surface area contributed by atoms with Crippen LogP contribution in [0, 0.1) is 6.92 Å². The van der Waals surface area contributed by atoms with E-state index in [-0.39, 0.29) is 6.04 Å². The van der Waals surface area contributed by atoms with Crippen molar-refractivity contribution in [2.45, 2.75) is 32.6 Å². The highest BCUT2D eigenvalue weighted by Gasteiger charge is 2.28. The number of nitrogens with one attached hydrogen (secondary N) is 2. The summed E-state index contributed by atoms with van der Waals surface area (Å²) in [5.41, 5.74) is 2.34. The van der Waals surface area contributed by atoms with Gasteiger partial charge in [-0.1, -0.05) is 0 Å². The third-order valence-electron chi connectivity index (χ3n) is 3.16. The summed E-state index contributed by atoms with van der Waals surface area (Å²) in [4.78, 5) is 0. The highest BCUT2D eigenvalue weighted by Crippen LogP contribution is 2.23. The fourth-order valence-corrected chi connectivity index (χ4v) is 2.71. The van der Waals surface area contributed by atoms with E-state index >= 15 is 0 Å². The van der Waals surface area contributed by atoms with Crippen molar-refractivity contribution in [1.29, 1.82) is 0 Å². The fraction of sp³-hybridized carbons (Fsp3) is 0.571. The molecule has 1 aliphatic heterocycles. The lowest BCUT2D eigenvalue weighted by atomic mass is 10.1. The monoisotopic (exact) mass is 314 g/mol. The summed E-state index contributed by atoms with van der Waals surface area (Å²) in [7, 11) is -3.26. The van der Waals surface area contributed by atoms with E-state index in [1.54, 1.807) is 6.07 Å². The Morgan fingerprint density at radius 3 is 2.38 bits per heavy atom. The lowest BCUT2D eigenvalue weighted by molar-refractivity contribution is -0.247. The van der Waals surface area contributed by atoms with Crippen molar-refractivity contribution in [3.05, 3.63) is 23.8 Å². The first-order valence-corrected chi connectivity index (χ1v) is 8.67. The molecule has 1 fully saturated rings. The van der Waals surface area contributed by atoms with Gasteiger partial charge in [-0.25, -0.2) is 8.42 Å². The van der Waals surface area contributed by atoms with Gasteiger partial charge in [0.15, 0.2) is 5.79 Å². The van der Waals surface area contributed by atoms with Gasteiger partial charge in [-0.05, 0) is 44.5 Å². The number of benzene rings is 1. The molecule has 0 spiro atoms. The Hall–Kier alpha value is -1.31. The molecule has 0 unspecified atom stereocenters. The van der Waals surface area contributed by atoms with E-state index in [0.717, 1.165) is 17.5 Å². The number of hydrogen-bond acceptors (Lipinski definition) is 5. The first-order valence-electron chi connectivity index (χ1n) is 6.77. The predicted molar refractivity (Wildman–Crippen MR) is 83.0 cm³/mol. The zero-order valence-corrected chi connectivity index (χ0v) is 13.6. The van der Waals surface area contributed by atoms with Crippen LogP contribution in [0.3, 0.4) is 0 Å². The largest absolute Gasteiger partial charge is 0.378 e. The minimum atomic E-state index is -3.26. The summed E-state index contributed by atoms with van der Waals surface area (Å²) in [6.45, 7) is 6.76. The van der Waals surface area contributed by atoms with Crippen LogP contribution in [0.5, 0.6) is 0 Å². The Kier molecular flexibility index (Phi) is 4.46. The highest BCUT2D eigenvalue weighted by atomic mass is 32.2. The molecule has 0 aromatic heterocycles. The maximum atomic E-state index is 11.3. The van der Waals surface area contributed by atoms with Gasteiger partial charge >= 0.3 is 0 Å². The van der Waals surface area contributed by atoms with Crippen molar-refractivity contribution in [2.24, 2.45) is 0 Å². The van der Waals surface area contributed by atoms with E-state index in [9.17, 15) is 8.42 Å². The molecule has 0 radical (unpaired) electrons. The lowest BCUT2D eigenvalue weighted by Gasteiger charge is -2.35. The molecule has 118 valence electrons. The van der Waals surface area contributed by atoms with Crippen LogP contribution < -0.4 is 10.0 Å². The van der Waals surface area contributed by atoms with E-state index in [4.69, 9.17) is 9.47 Å². The van der Waals surface area contributed by atoms with Crippen LogP contribution in [0.4, 0.5) is 11.4 Å². The van der Waals surface area contributed by atoms with Crippen molar-refractivity contribution >= 4 is 21.4 Å². The average Bonchev–Trinajstić information content (AvgIpc) is 2.34. The molecule has 1 heterocycles. The van der Waals surface area contributed by atoms with Crippen LogP contribution in [-0.2, 0) is 19.5 Å². The van der Waals surface area contributed by atoms with Crippen LogP contribution in [-0.4, -0.2) is 39.7 Å². The molecular formula is C14H22N2O4S. The summed E-state index contributed by atoms with van der Waals surface area (Å²) in [6, 6.07) is 5.55. The smallest absolute Gasteiger partial charge is 0.229 e. The van der Waals surface area contributed by atoms with Gasteiger partial charge in [0.1, 0.15) is 0 Å². The van der Waals surface area contributed by atoms with Crippen LogP contribution in [0.1, 0.15) is 19.4 Å². The molecule has 0 aliphatic carbocycles. The first kappa shape index (κ1) is 16.1. The molecule has 6 nitrogen and oxygen atoms in total. The van der Waals surface area contributed by atoms with Crippen molar-refractivity contribution in [3.8, 4) is 0 Å². The molecule has 2 rings (SSSR count).